The van der Waals surface area contributed by atoms with Crippen LogP contribution in [0.2, 0.25) is 0 Å². The van der Waals surface area contributed by atoms with E-state index in [2.05, 4.69) is 13.2 Å². The van der Waals surface area contributed by atoms with Gasteiger partial charge in [-0.25, -0.2) is 9.13 Å². The molecule has 0 N–H and O–H groups in total. The molecule has 0 amide bonds. The van der Waals surface area contributed by atoms with Crippen LogP contribution in [0.3, 0.4) is 0 Å². The molecule has 0 radical (unpaired) electrons. The van der Waals surface area contributed by atoms with Gasteiger partial charge in [-0.3, -0.25) is 18.1 Å². The molecule has 0 aliphatic heterocycles. The summed E-state index contributed by atoms with van der Waals surface area (Å²) in [5, 5.41) is 0. The molecule has 0 aromatic carbocycles. The minimum absolute atomic E-state index is 0.0653. The zero-order valence-corrected chi connectivity index (χ0v) is 17.6. The second kappa shape index (κ2) is 13.0. The normalized spacial score (nSPS) is 16.2. The van der Waals surface area contributed by atoms with Gasteiger partial charge in [0.25, 0.3) is 0 Å². The first-order valence-electron chi connectivity index (χ1n) is 8.44. The Morgan fingerprint density at radius 3 is 1.32 bits per heavy atom. The van der Waals surface area contributed by atoms with Crippen LogP contribution >= 0.6 is 15.6 Å². The highest BCUT2D eigenvalue weighted by Crippen LogP contribution is 2.66. The summed E-state index contributed by atoms with van der Waals surface area (Å²) in [6.45, 7) is 15.2. The lowest BCUT2D eigenvalue weighted by Crippen LogP contribution is -2.06. The van der Waals surface area contributed by atoms with E-state index in [-0.39, 0.29) is 26.4 Å². The lowest BCUT2D eigenvalue weighted by molar-refractivity contribution is 0.110. The van der Waals surface area contributed by atoms with Gasteiger partial charge in [-0.15, -0.1) is 13.2 Å². The van der Waals surface area contributed by atoms with E-state index in [1.54, 1.807) is 0 Å². The number of hydrogen-bond donors (Lipinski definition) is 0. The van der Waals surface area contributed by atoms with Gasteiger partial charge in [0.1, 0.15) is 0 Å². The molecule has 25 heavy (non-hydrogen) atoms. The second-order valence-electron chi connectivity index (χ2n) is 5.72. The average molecular weight is 398 g/mol. The number of phosphoric ester groups is 2. The fourth-order valence-electron chi connectivity index (χ4n) is 1.36. The van der Waals surface area contributed by atoms with E-state index in [1.165, 1.54) is 0 Å². The first-order chi connectivity index (χ1) is 11.7. The van der Waals surface area contributed by atoms with Gasteiger partial charge in [0.05, 0.1) is 26.4 Å². The van der Waals surface area contributed by atoms with E-state index in [1.807, 2.05) is 27.7 Å². The summed E-state index contributed by atoms with van der Waals surface area (Å²) in [6.07, 6.45) is 2.13. The van der Waals surface area contributed by atoms with Crippen molar-refractivity contribution in [3.63, 3.8) is 0 Å². The Labute approximate surface area is 152 Å². The third-order valence-electron chi connectivity index (χ3n) is 2.66. The van der Waals surface area contributed by atoms with Crippen molar-refractivity contribution < 1.29 is 31.5 Å². The smallest absolute Gasteiger partial charge is 0.287 e. The van der Waals surface area contributed by atoms with Crippen LogP contribution in [0.1, 0.15) is 53.4 Å². The number of rotatable bonds is 16. The zero-order chi connectivity index (χ0) is 19.3. The van der Waals surface area contributed by atoms with Gasteiger partial charge in [0.2, 0.25) is 0 Å². The molecule has 0 aliphatic rings. The van der Waals surface area contributed by atoms with Crippen LogP contribution in [-0.4, -0.2) is 26.4 Å². The quantitative estimate of drug-likeness (QED) is 0.232. The van der Waals surface area contributed by atoms with Gasteiger partial charge in [-0.1, -0.05) is 25.0 Å². The topological polar surface area (TPSA) is 80.3 Å². The van der Waals surface area contributed by atoms with E-state index < -0.39 is 15.6 Å². The third kappa shape index (κ3) is 12.7. The van der Waals surface area contributed by atoms with Gasteiger partial charge in [-0.2, -0.15) is 4.31 Å². The minimum atomic E-state index is -4.09. The fraction of sp³-hybridized carbons (Fsp3) is 0.750. The van der Waals surface area contributed by atoms with Gasteiger partial charge >= 0.3 is 15.6 Å². The predicted octanol–water partition coefficient (Wildman–Crippen LogP) is 6.04. The maximum absolute atomic E-state index is 12.8. The molecule has 0 spiro atoms. The summed E-state index contributed by atoms with van der Waals surface area (Å²) in [5.41, 5.74) is 1.70. The maximum Gasteiger partial charge on any atom is 0.483 e. The van der Waals surface area contributed by atoms with Crippen molar-refractivity contribution in [3.8, 4) is 0 Å². The first-order valence-corrected chi connectivity index (χ1v) is 11.4. The highest BCUT2D eigenvalue weighted by Gasteiger charge is 2.40. The molecule has 0 aromatic rings. The molecule has 0 rings (SSSR count). The van der Waals surface area contributed by atoms with Gasteiger partial charge in [0.15, 0.2) is 0 Å². The maximum atomic E-state index is 12.8. The summed E-state index contributed by atoms with van der Waals surface area (Å²) in [5.74, 6) is 0. The molecule has 0 heterocycles. The molecule has 0 saturated heterocycles. The molecule has 7 nitrogen and oxygen atoms in total. The predicted molar refractivity (Wildman–Crippen MR) is 99.6 cm³/mol. The third-order valence-corrected chi connectivity index (χ3v) is 6.26. The van der Waals surface area contributed by atoms with E-state index >= 15 is 0 Å². The van der Waals surface area contributed by atoms with Crippen LogP contribution in [0.5, 0.6) is 0 Å². The Morgan fingerprint density at radius 2 is 1.04 bits per heavy atom. The van der Waals surface area contributed by atoms with Crippen LogP contribution < -0.4 is 0 Å². The lowest BCUT2D eigenvalue weighted by atomic mass is 10.3. The van der Waals surface area contributed by atoms with Crippen molar-refractivity contribution in [3.05, 3.63) is 24.3 Å². The summed E-state index contributed by atoms with van der Waals surface area (Å²) in [7, 11) is -8.19. The fourth-order valence-corrected chi connectivity index (χ4v) is 4.69. The Bertz CT molecular complexity index is 461. The number of phosphoric acid groups is 2. The average Bonchev–Trinajstić information content (AvgIpc) is 2.50. The largest absolute Gasteiger partial charge is 0.483 e. The summed E-state index contributed by atoms with van der Waals surface area (Å²) in [6, 6.07) is 0. The van der Waals surface area contributed by atoms with Crippen molar-refractivity contribution in [1.82, 2.24) is 0 Å². The summed E-state index contributed by atoms with van der Waals surface area (Å²) >= 11 is 0. The summed E-state index contributed by atoms with van der Waals surface area (Å²) in [4.78, 5) is 0. The Balaban J connectivity index is 5.06. The van der Waals surface area contributed by atoms with Crippen molar-refractivity contribution >= 4 is 15.6 Å². The molecular weight excluding hydrogens is 366 g/mol. The molecule has 148 valence electrons. The van der Waals surface area contributed by atoms with Crippen LogP contribution in [0.4, 0.5) is 0 Å². The minimum Gasteiger partial charge on any atom is -0.287 e. The molecule has 2 unspecified atom stereocenters. The molecular formula is C16H32O7P2. The van der Waals surface area contributed by atoms with Crippen molar-refractivity contribution in [1.29, 1.82) is 0 Å². The summed E-state index contributed by atoms with van der Waals surface area (Å²) < 4.78 is 51.6. The van der Waals surface area contributed by atoms with Gasteiger partial charge in [-0.05, 0) is 39.5 Å². The highest BCUT2D eigenvalue weighted by molar-refractivity contribution is 7.62. The van der Waals surface area contributed by atoms with Crippen molar-refractivity contribution in [2.24, 2.45) is 0 Å². The zero-order valence-electron chi connectivity index (χ0n) is 15.8. The van der Waals surface area contributed by atoms with Crippen LogP contribution in [0.15, 0.2) is 24.3 Å². The van der Waals surface area contributed by atoms with E-state index in [0.29, 0.717) is 25.7 Å². The highest BCUT2D eigenvalue weighted by atomic mass is 31.3. The Morgan fingerprint density at radius 1 is 0.720 bits per heavy atom. The Hall–Kier alpha value is -0.260. The van der Waals surface area contributed by atoms with Gasteiger partial charge in [0, 0.05) is 0 Å². The van der Waals surface area contributed by atoms with Crippen molar-refractivity contribution in [2.45, 2.75) is 53.4 Å². The van der Waals surface area contributed by atoms with Crippen molar-refractivity contribution in [2.75, 3.05) is 26.4 Å². The van der Waals surface area contributed by atoms with Crippen LogP contribution in [0.25, 0.3) is 0 Å². The lowest BCUT2D eigenvalue weighted by Gasteiger charge is -2.23. The van der Waals surface area contributed by atoms with E-state index in [9.17, 15) is 9.13 Å². The second-order valence-corrected chi connectivity index (χ2v) is 9.20. The molecule has 0 saturated carbocycles. The monoisotopic (exact) mass is 398 g/mol. The van der Waals surface area contributed by atoms with Gasteiger partial charge < -0.3 is 0 Å². The molecule has 2 atom stereocenters. The first kappa shape index (κ1) is 24.7. The molecule has 0 fully saturated rings. The molecule has 0 aromatic heterocycles. The van der Waals surface area contributed by atoms with Crippen LogP contribution in [0, 0.1) is 0 Å². The molecule has 9 heteroatoms. The van der Waals surface area contributed by atoms with E-state index in [4.69, 9.17) is 22.4 Å². The number of hydrogen-bond acceptors (Lipinski definition) is 7. The Kier molecular flexibility index (Phi) is 12.9. The standard InChI is InChI=1S/C16H32O7P2/c1-7-11-19-24(17,21-13-9-15(3)4)23-25(18,20-12-8-2)22-14-10-16(5)6/h3,5,7-14H2,1-2,4,6H3. The van der Waals surface area contributed by atoms with Crippen LogP contribution in [-0.2, 0) is 31.5 Å². The molecule has 0 aliphatic carbocycles. The van der Waals surface area contributed by atoms with E-state index in [0.717, 1.165) is 11.1 Å². The molecule has 0 bridgehead atoms. The SMILES string of the molecule is C=C(C)CCOP(=O)(OCCC)OP(=O)(OCCC)OCCC(=C)C.